The van der Waals surface area contributed by atoms with Gasteiger partial charge in [0, 0.05) is 18.9 Å². The number of nitrogens with zero attached hydrogens (tertiary/aromatic N) is 1. The van der Waals surface area contributed by atoms with E-state index in [9.17, 15) is 0 Å². The van der Waals surface area contributed by atoms with Crippen molar-refractivity contribution < 1.29 is 0 Å². The molecule has 1 rings (SSSR count). The first-order valence-corrected chi connectivity index (χ1v) is 4.64. The highest BCUT2D eigenvalue weighted by Crippen LogP contribution is 1.95. The molecule has 0 unspecified atom stereocenters. The lowest BCUT2D eigenvalue weighted by molar-refractivity contribution is 0.655. The Kier molecular flexibility index (Phi) is 4.87. The summed E-state index contributed by atoms with van der Waals surface area (Å²) >= 11 is 0. The molecule has 0 aliphatic rings. The molecule has 2 heteroatoms. The van der Waals surface area contributed by atoms with Gasteiger partial charge in [-0.05, 0) is 37.1 Å². The van der Waals surface area contributed by atoms with Gasteiger partial charge in [-0.25, -0.2) is 0 Å². The molecule has 0 fully saturated rings. The second kappa shape index (κ2) is 6.38. The average Bonchev–Trinajstić information content (AvgIpc) is 2.19. The summed E-state index contributed by atoms with van der Waals surface area (Å²) in [6.45, 7) is 5.66. The standard InChI is InChI=1S/C11H16N2/c1-2-3-4-7-13-10-11-5-8-12-9-6-11/h2,5-6,8-9,13H,1,3-4,7,10H2. The van der Waals surface area contributed by atoms with Crippen molar-refractivity contribution in [3.8, 4) is 0 Å². The Bertz CT molecular complexity index is 231. The van der Waals surface area contributed by atoms with Crippen molar-refractivity contribution in [3.63, 3.8) is 0 Å². The first-order valence-electron chi connectivity index (χ1n) is 4.64. The summed E-state index contributed by atoms with van der Waals surface area (Å²) in [5.41, 5.74) is 1.29. The van der Waals surface area contributed by atoms with Gasteiger partial charge >= 0.3 is 0 Å². The first-order chi connectivity index (χ1) is 6.43. The molecule has 13 heavy (non-hydrogen) atoms. The highest BCUT2D eigenvalue weighted by atomic mass is 14.8. The van der Waals surface area contributed by atoms with Gasteiger partial charge in [0.25, 0.3) is 0 Å². The van der Waals surface area contributed by atoms with Gasteiger partial charge in [0.2, 0.25) is 0 Å². The van der Waals surface area contributed by atoms with Crippen molar-refractivity contribution in [3.05, 3.63) is 42.7 Å². The molecule has 1 heterocycles. The van der Waals surface area contributed by atoms with Crippen molar-refractivity contribution >= 4 is 0 Å². The molecule has 1 N–H and O–H groups in total. The fraction of sp³-hybridized carbons (Fsp3) is 0.364. The van der Waals surface area contributed by atoms with Gasteiger partial charge in [0.05, 0.1) is 0 Å². The van der Waals surface area contributed by atoms with Crippen molar-refractivity contribution in [2.24, 2.45) is 0 Å². The molecule has 0 saturated heterocycles. The fourth-order valence-corrected chi connectivity index (χ4v) is 1.10. The Balaban J connectivity index is 2.10. The van der Waals surface area contributed by atoms with Crippen LogP contribution in [0.1, 0.15) is 18.4 Å². The van der Waals surface area contributed by atoms with Crippen LogP contribution in [0.5, 0.6) is 0 Å². The van der Waals surface area contributed by atoms with Crippen LogP contribution in [0.4, 0.5) is 0 Å². The molecule has 70 valence electrons. The molecule has 0 amide bonds. The van der Waals surface area contributed by atoms with Crippen LogP contribution in [0.3, 0.4) is 0 Å². The van der Waals surface area contributed by atoms with Crippen LogP contribution < -0.4 is 5.32 Å². The maximum Gasteiger partial charge on any atom is 0.0271 e. The van der Waals surface area contributed by atoms with Gasteiger partial charge < -0.3 is 5.32 Å². The summed E-state index contributed by atoms with van der Waals surface area (Å²) in [6, 6.07) is 4.06. The minimum absolute atomic E-state index is 0.930. The predicted molar refractivity (Wildman–Crippen MR) is 55.4 cm³/mol. The largest absolute Gasteiger partial charge is 0.313 e. The molecule has 1 aromatic rings. The zero-order valence-electron chi connectivity index (χ0n) is 7.87. The lowest BCUT2D eigenvalue weighted by Crippen LogP contribution is -2.14. The molecule has 0 radical (unpaired) electrons. The smallest absolute Gasteiger partial charge is 0.0271 e. The lowest BCUT2D eigenvalue weighted by Gasteiger charge is -2.02. The minimum Gasteiger partial charge on any atom is -0.313 e. The molecular formula is C11H16N2. The third kappa shape index (κ3) is 4.43. The van der Waals surface area contributed by atoms with Crippen LogP contribution in [-0.2, 0) is 6.54 Å². The molecular weight excluding hydrogens is 160 g/mol. The van der Waals surface area contributed by atoms with E-state index in [1.807, 2.05) is 30.6 Å². The molecule has 0 aliphatic carbocycles. The summed E-state index contributed by atoms with van der Waals surface area (Å²) < 4.78 is 0. The fourth-order valence-electron chi connectivity index (χ4n) is 1.10. The van der Waals surface area contributed by atoms with E-state index < -0.39 is 0 Å². The summed E-state index contributed by atoms with van der Waals surface area (Å²) in [5, 5.41) is 3.36. The van der Waals surface area contributed by atoms with E-state index in [-0.39, 0.29) is 0 Å². The van der Waals surface area contributed by atoms with Crippen LogP contribution in [0, 0.1) is 0 Å². The molecule has 0 aliphatic heterocycles. The van der Waals surface area contributed by atoms with Crippen molar-refractivity contribution in [1.82, 2.24) is 10.3 Å². The second-order valence-corrected chi connectivity index (χ2v) is 2.96. The Morgan fingerprint density at radius 3 is 2.85 bits per heavy atom. The van der Waals surface area contributed by atoms with Gasteiger partial charge in [-0.2, -0.15) is 0 Å². The van der Waals surface area contributed by atoms with Gasteiger partial charge in [0.15, 0.2) is 0 Å². The zero-order valence-corrected chi connectivity index (χ0v) is 7.87. The maximum atomic E-state index is 3.96. The van der Waals surface area contributed by atoms with Crippen LogP contribution in [0.25, 0.3) is 0 Å². The van der Waals surface area contributed by atoms with E-state index in [4.69, 9.17) is 0 Å². The first kappa shape index (κ1) is 9.93. The normalized spacial score (nSPS) is 9.85. The predicted octanol–water partition coefficient (Wildman–Crippen LogP) is 2.14. The summed E-state index contributed by atoms with van der Waals surface area (Å²) in [6.07, 6.45) is 7.84. The van der Waals surface area contributed by atoms with Gasteiger partial charge in [-0.1, -0.05) is 6.08 Å². The highest BCUT2D eigenvalue weighted by Gasteiger charge is 1.89. The number of hydrogen-bond acceptors (Lipinski definition) is 2. The molecule has 0 spiro atoms. The van der Waals surface area contributed by atoms with Gasteiger partial charge in [-0.3, -0.25) is 4.98 Å². The van der Waals surface area contributed by atoms with Gasteiger partial charge in [-0.15, -0.1) is 6.58 Å². The van der Waals surface area contributed by atoms with E-state index >= 15 is 0 Å². The molecule has 0 saturated carbocycles. The highest BCUT2D eigenvalue weighted by molar-refractivity contribution is 5.08. The third-order valence-corrected chi connectivity index (χ3v) is 1.84. The SMILES string of the molecule is C=CCCCNCc1ccncc1. The second-order valence-electron chi connectivity index (χ2n) is 2.96. The summed E-state index contributed by atoms with van der Waals surface area (Å²) in [4.78, 5) is 3.96. The number of allylic oxidation sites excluding steroid dienone is 1. The Morgan fingerprint density at radius 1 is 1.38 bits per heavy atom. The Hall–Kier alpha value is -1.15. The summed E-state index contributed by atoms with van der Waals surface area (Å²) in [5.74, 6) is 0. The minimum atomic E-state index is 0.930. The van der Waals surface area contributed by atoms with E-state index in [0.29, 0.717) is 0 Å². The van der Waals surface area contributed by atoms with E-state index in [1.165, 1.54) is 5.56 Å². The number of hydrogen-bond donors (Lipinski definition) is 1. The van der Waals surface area contributed by atoms with E-state index in [0.717, 1.165) is 25.9 Å². The molecule has 2 nitrogen and oxygen atoms in total. The number of nitrogens with one attached hydrogen (secondary N) is 1. The average molecular weight is 176 g/mol. The molecule has 0 bridgehead atoms. The zero-order chi connectivity index (χ0) is 9.36. The van der Waals surface area contributed by atoms with Crippen LogP contribution in [-0.4, -0.2) is 11.5 Å². The van der Waals surface area contributed by atoms with Crippen LogP contribution in [0.15, 0.2) is 37.2 Å². The van der Waals surface area contributed by atoms with Crippen molar-refractivity contribution in [1.29, 1.82) is 0 Å². The Labute approximate surface area is 79.7 Å². The molecule has 1 aromatic heterocycles. The van der Waals surface area contributed by atoms with E-state index in [2.05, 4.69) is 16.9 Å². The monoisotopic (exact) mass is 176 g/mol. The van der Waals surface area contributed by atoms with Crippen LogP contribution >= 0.6 is 0 Å². The van der Waals surface area contributed by atoms with E-state index in [1.54, 1.807) is 0 Å². The number of aromatic nitrogens is 1. The lowest BCUT2D eigenvalue weighted by atomic mass is 10.2. The number of unbranched alkanes of at least 4 members (excludes halogenated alkanes) is 1. The van der Waals surface area contributed by atoms with Crippen LogP contribution in [0.2, 0.25) is 0 Å². The topological polar surface area (TPSA) is 24.9 Å². The molecule has 0 atom stereocenters. The Morgan fingerprint density at radius 2 is 2.15 bits per heavy atom. The number of rotatable bonds is 6. The molecule has 0 aromatic carbocycles. The number of pyridine rings is 1. The summed E-state index contributed by atoms with van der Waals surface area (Å²) in [7, 11) is 0. The third-order valence-electron chi connectivity index (χ3n) is 1.84. The quantitative estimate of drug-likeness (QED) is 0.530. The van der Waals surface area contributed by atoms with Crippen molar-refractivity contribution in [2.45, 2.75) is 19.4 Å². The van der Waals surface area contributed by atoms with Gasteiger partial charge in [0.1, 0.15) is 0 Å². The maximum absolute atomic E-state index is 3.96. The van der Waals surface area contributed by atoms with Crippen molar-refractivity contribution in [2.75, 3.05) is 6.54 Å².